The Morgan fingerprint density at radius 1 is 1.44 bits per heavy atom. The topological polar surface area (TPSA) is 47.6 Å². The molecule has 0 aliphatic carbocycles. The maximum atomic E-state index is 11.8. The number of nitrogens with one attached hydrogen (secondary N) is 1. The Morgan fingerprint density at radius 3 is 2.69 bits per heavy atom. The average Bonchev–Trinajstić information content (AvgIpc) is 2.31. The molecule has 1 aliphatic heterocycles. The van der Waals surface area contributed by atoms with Crippen molar-refractivity contribution < 1.29 is 14.3 Å². The molecule has 0 aromatic heterocycles. The van der Waals surface area contributed by atoms with E-state index in [1.807, 2.05) is 0 Å². The largest absolute Gasteiger partial charge is 0.349 e. The molecule has 1 rings (SSSR count). The third kappa shape index (κ3) is 3.85. The Hall–Kier alpha value is -0.450. The van der Waals surface area contributed by atoms with Crippen molar-refractivity contribution in [3.05, 3.63) is 0 Å². The summed E-state index contributed by atoms with van der Waals surface area (Å²) in [6.45, 7) is 3.23. The SMILES string of the molecule is CCC1CCNC(CC(=O)C(OC)OC)C1. The van der Waals surface area contributed by atoms with Gasteiger partial charge in [-0.15, -0.1) is 0 Å². The predicted octanol–water partition coefficient (Wildman–Crippen LogP) is 1.34. The van der Waals surface area contributed by atoms with Crippen molar-refractivity contribution in [2.75, 3.05) is 20.8 Å². The van der Waals surface area contributed by atoms with Crippen molar-refractivity contribution in [1.82, 2.24) is 5.32 Å². The van der Waals surface area contributed by atoms with Crippen LogP contribution in [0.2, 0.25) is 0 Å². The zero-order valence-electron chi connectivity index (χ0n) is 10.5. The summed E-state index contributed by atoms with van der Waals surface area (Å²) in [7, 11) is 2.99. The molecule has 0 radical (unpaired) electrons. The molecule has 2 atom stereocenters. The van der Waals surface area contributed by atoms with Gasteiger partial charge in [-0.25, -0.2) is 0 Å². The van der Waals surface area contributed by atoms with Crippen LogP contribution in [0, 0.1) is 5.92 Å². The van der Waals surface area contributed by atoms with Crippen LogP contribution in [0.1, 0.15) is 32.6 Å². The second-order valence-corrected chi connectivity index (χ2v) is 4.42. The molecule has 94 valence electrons. The molecule has 4 nitrogen and oxygen atoms in total. The Balaban J connectivity index is 2.38. The lowest BCUT2D eigenvalue weighted by Gasteiger charge is -2.29. The first kappa shape index (κ1) is 13.6. The highest BCUT2D eigenvalue weighted by Crippen LogP contribution is 2.21. The van der Waals surface area contributed by atoms with Gasteiger partial charge < -0.3 is 14.8 Å². The summed E-state index contributed by atoms with van der Waals surface area (Å²) < 4.78 is 9.91. The van der Waals surface area contributed by atoms with E-state index < -0.39 is 6.29 Å². The molecule has 16 heavy (non-hydrogen) atoms. The second-order valence-electron chi connectivity index (χ2n) is 4.42. The predicted molar refractivity (Wildman–Crippen MR) is 62.2 cm³/mol. The smallest absolute Gasteiger partial charge is 0.217 e. The minimum absolute atomic E-state index is 0.0271. The van der Waals surface area contributed by atoms with E-state index >= 15 is 0 Å². The van der Waals surface area contributed by atoms with E-state index in [0.29, 0.717) is 12.5 Å². The molecule has 0 bridgehead atoms. The summed E-state index contributed by atoms with van der Waals surface area (Å²) in [4.78, 5) is 11.8. The highest BCUT2D eigenvalue weighted by atomic mass is 16.7. The fourth-order valence-electron chi connectivity index (χ4n) is 2.32. The van der Waals surface area contributed by atoms with Crippen LogP contribution in [-0.4, -0.2) is 38.9 Å². The Bertz CT molecular complexity index is 216. The Morgan fingerprint density at radius 2 is 2.12 bits per heavy atom. The standard InChI is InChI=1S/C12H23NO3/c1-4-9-5-6-13-10(7-9)8-11(14)12(15-2)16-3/h9-10,12-13H,4-8H2,1-3H3. The average molecular weight is 229 g/mol. The number of rotatable bonds is 6. The zero-order chi connectivity index (χ0) is 12.0. The lowest BCUT2D eigenvalue weighted by molar-refractivity contribution is -0.157. The van der Waals surface area contributed by atoms with Crippen LogP contribution < -0.4 is 5.32 Å². The van der Waals surface area contributed by atoms with Crippen molar-refractivity contribution in [3.8, 4) is 0 Å². The van der Waals surface area contributed by atoms with E-state index in [1.165, 1.54) is 27.1 Å². The van der Waals surface area contributed by atoms with Gasteiger partial charge >= 0.3 is 0 Å². The maximum Gasteiger partial charge on any atom is 0.217 e. The van der Waals surface area contributed by atoms with E-state index in [2.05, 4.69) is 12.2 Å². The minimum atomic E-state index is -0.705. The van der Waals surface area contributed by atoms with Crippen LogP contribution >= 0.6 is 0 Å². The summed E-state index contributed by atoms with van der Waals surface area (Å²) in [6, 6.07) is 0.291. The summed E-state index contributed by atoms with van der Waals surface area (Å²) >= 11 is 0. The van der Waals surface area contributed by atoms with Crippen molar-refractivity contribution in [2.24, 2.45) is 5.92 Å². The molecule has 0 spiro atoms. The van der Waals surface area contributed by atoms with E-state index in [1.54, 1.807) is 0 Å². The van der Waals surface area contributed by atoms with Crippen molar-refractivity contribution in [2.45, 2.75) is 44.9 Å². The fourth-order valence-corrected chi connectivity index (χ4v) is 2.32. The van der Waals surface area contributed by atoms with E-state index in [4.69, 9.17) is 9.47 Å². The molecule has 2 unspecified atom stereocenters. The van der Waals surface area contributed by atoms with Crippen LogP contribution in [0.3, 0.4) is 0 Å². The summed E-state index contributed by atoms with van der Waals surface area (Å²) in [5.74, 6) is 0.779. The zero-order valence-corrected chi connectivity index (χ0v) is 10.5. The number of hydrogen-bond donors (Lipinski definition) is 1. The molecule has 1 fully saturated rings. The number of methoxy groups -OCH3 is 2. The summed E-state index contributed by atoms with van der Waals surface area (Å²) in [5.41, 5.74) is 0. The molecule has 1 N–H and O–H groups in total. The molecular formula is C12H23NO3. The highest BCUT2D eigenvalue weighted by Gasteiger charge is 2.25. The number of piperidine rings is 1. The van der Waals surface area contributed by atoms with Gasteiger partial charge in [-0.2, -0.15) is 0 Å². The number of ether oxygens (including phenoxy) is 2. The number of carbonyl (C=O) groups is 1. The normalized spacial score (nSPS) is 26.0. The summed E-state index contributed by atoms with van der Waals surface area (Å²) in [5, 5.41) is 3.39. The third-order valence-electron chi connectivity index (χ3n) is 3.32. The number of hydrogen-bond acceptors (Lipinski definition) is 4. The Kier molecular flexibility index (Phi) is 5.95. The van der Waals surface area contributed by atoms with Gasteiger partial charge in [-0.05, 0) is 25.3 Å². The number of ketones is 1. The molecule has 4 heteroatoms. The number of carbonyl (C=O) groups excluding carboxylic acids is 1. The van der Waals surface area contributed by atoms with Crippen molar-refractivity contribution in [1.29, 1.82) is 0 Å². The molecule has 0 aromatic rings. The number of Topliss-reactive ketones (excluding diaryl/α,β-unsaturated/α-hetero) is 1. The summed E-state index contributed by atoms with van der Waals surface area (Å²) in [6.07, 6.45) is 3.30. The van der Waals surface area contributed by atoms with Crippen LogP contribution in [0.15, 0.2) is 0 Å². The molecule has 0 saturated carbocycles. The fraction of sp³-hybridized carbons (Fsp3) is 0.917. The van der Waals surface area contributed by atoms with Crippen LogP contribution in [-0.2, 0) is 14.3 Å². The van der Waals surface area contributed by atoms with Gasteiger partial charge in [0.25, 0.3) is 0 Å². The lowest BCUT2D eigenvalue weighted by Crippen LogP contribution is -2.41. The van der Waals surface area contributed by atoms with Gasteiger partial charge in [0.15, 0.2) is 5.78 Å². The monoisotopic (exact) mass is 229 g/mol. The third-order valence-corrected chi connectivity index (χ3v) is 3.32. The highest BCUT2D eigenvalue weighted by molar-refractivity contribution is 5.82. The van der Waals surface area contributed by atoms with Gasteiger partial charge in [0.2, 0.25) is 6.29 Å². The van der Waals surface area contributed by atoms with E-state index in [-0.39, 0.29) is 5.78 Å². The van der Waals surface area contributed by atoms with Crippen molar-refractivity contribution >= 4 is 5.78 Å². The molecule has 1 aliphatic rings. The van der Waals surface area contributed by atoms with Crippen LogP contribution in [0.5, 0.6) is 0 Å². The lowest BCUT2D eigenvalue weighted by atomic mass is 9.88. The molecule has 1 saturated heterocycles. The van der Waals surface area contributed by atoms with Crippen LogP contribution in [0.25, 0.3) is 0 Å². The van der Waals surface area contributed by atoms with Gasteiger partial charge in [0, 0.05) is 26.7 Å². The van der Waals surface area contributed by atoms with Crippen LogP contribution in [0.4, 0.5) is 0 Å². The van der Waals surface area contributed by atoms with E-state index in [9.17, 15) is 4.79 Å². The minimum Gasteiger partial charge on any atom is -0.349 e. The molecule has 0 aromatic carbocycles. The molecule has 0 amide bonds. The Labute approximate surface area is 97.7 Å². The van der Waals surface area contributed by atoms with Gasteiger partial charge in [0.05, 0.1) is 0 Å². The molecule has 1 heterocycles. The quantitative estimate of drug-likeness (QED) is 0.698. The van der Waals surface area contributed by atoms with E-state index in [0.717, 1.165) is 18.9 Å². The first-order valence-electron chi connectivity index (χ1n) is 6.02. The maximum absolute atomic E-state index is 11.8. The van der Waals surface area contributed by atoms with Crippen molar-refractivity contribution in [3.63, 3.8) is 0 Å². The molecular weight excluding hydrogens is 206 g/mol. The first-order valence-corrected chi connectivity index (χ1v) is 6.02. The van der Waals surface area contributed by atoms with Gasteiger partial charge in [0.1, 0.15) is 0 Å². The second kappa shape index (κ2) is 6.99. The van der Waals surface area contributed by atoms with Gasteiger partial charge in [-0.1, -0.05) is 13.3 Å². The van der Waals surface area contributed by atoms with Gasteiger partial charge in [-0.3, -0.25) is 4.79 Å². The first-order chi connectivity index (χ1) is 7.71.